The first-order chi connectivity index (χ1) is 9.99. The first kappa shape index (κ1) is 14.6. The van der Waals surface area contributed by atoms with Crippen LogP contribution in [0.15, 0.2) is 22.6 Å². The molecule has 112 valence electrons. The van der Waals surface area contributed by atoms with Gasteiger partial charge in [0.05, 0.1) is 5.02 Å². The lowest BCUT2D eigenvalue weighted by molar-refractivity contribution is 0.0683. The molecule has 1 saturated heterocycles. The fourth-order valence-electron chi connectivity index (χ4n) is 2.71. The van der Waals surface area contributed by atoms with Gasteiger partial charge in [-0.1, -0.05) is 23.7 Å². The summed E-state index contributed by atoms with van der Waals surface area (Å²) in [5, 5.41) is 1.36. The maximum absolute atomic E-state index is 12.7. The lowest BCUT2D eigenvalue weighted by Gasteiger charge is -2.32. The standard InChI is InChI=1S/C15H16ClNO3S/c1-9-8-21(19)7-6-17(9)15(18)13-10(2)11-4-3-5-12(16)14(11)20-13/h3-5,9H,6-8H2,1-2H3/t9-,21+/m0/s1. The van der Waals surface area contributed by atoms with Crippen molar-refractivity contribution in [2.24, 2.45) is 0 Å². The van der Waals surface area contributed by atoms with Crippen LogP contribution in [-0.2, 0) is 10.8 Å². The van der Waals surface area contributed by atoms with E-state index in [1.165, 1.54) is 0 Å². The molecular formula is C15H16ClNO3S. The van der Waals surface area contributed by atoms with Crippen molar-refractivity contribution < 1.29 is 13.4 Å². The van der Waals surface area contributed by atoms with Gasteiger partial charge in [-0.2, -0.15) is 0 Å². The maximum Gasteiger partial charge on any atom is 0.290 e. The van der Waals surface area contributed by atoms with Crippen LogP contribution in [0.1, 0.15) is 23.0 Å². The van der Waals surface area contributed by atoms with Crippen molar-refractivity contribution in [3.8, 4) is 0 Å². The predicted molar refractivity (Wildman–Crippen MR) is 84.3 cm³/mol. The Balaban J connectivity index is 2.00. The topological polar surface area (TPSA) is 50.5 Å². The Morgan fingerprint density at radius 2 is 2.24 bits per heavy atom. The van der Waals surface area contributed by atoms with Crippen LogP contribution in [0.2, 0.25) is 5.02 Å². The zero-order valence-corrected chi connectivity index (χ0v) is 13.5. The Hall–Kier alpha value is -1.33. The van der Waals surface area contributed by atoms with Gasteiger partial charge in [0.15, 0.2) is 11.3 Å². The van der Waals surface area contributed by atoms with Gasteiger partial charge in [0.25, 0.3) is 5.91 Å². The van der Waals surface area contributed by atoms with E-state index in [-0.39, 0.29) is 11.9 Å². The van der Waals surface area contributed by atoms with E-state index < -0.39 is 10.8 Å². The summed E-state index contributed by atoms with van der Waals surface area (Å²) in [7, 11) is -0.833. The van der Waals surface area contributed by atoms with Gasteiger partial charge in [-0.25, -0.2) is 0 Å². The number of furan rings is 1. The molecule has 0 bridgehead atoms. The van der Waals surface area contributed by atoms with Gasteiger partial charge < -0.3 is 9.32 Å². The van der Waals surface area contributed by atoms with Crippen LogP contribution in [0, 0.1) is 6.92 Å². The van der Waals surface area contributed by atoms with E-state index in [9.17, 15) is 9.00 Å². The number of carbonyl (C=O) groups is 1. The van der Waals surface area contributed by atoms with Crippen molar-refractivity contribution in [2.45, 2.75) is 19.9 Å². The molecule has 21 heavy (non-hydrogen) atoms. The van der Waals surface area contributed by atoms with Crippen LogP contribution in [-0.4, -0.2) is 39.1 Å². The first-order valence-electron chi connectivity index (χ1n) is 6.82. The van der Waals surface area contributed by atoms with Crippen molar-refractivity contribution in [2.75, 3.05) is 18.1 Å². The summed E-state index contributed by atoms with van der Waals surface area (Å²) >= 11 is 6.12. The lowest BCUT2D eigenvalue weighted by Crippen LogP contribution is -2.48. The largest absolute Gasteiger partial charge is 0.449 e. The summed E-state index contributed by atoms with van der Waals surface area (Å²) in [6.45, 7) is 4.28. The molecule has 0 unspecified atom stereocenters. The molecule has 1 aliphatic rings. The molecule has 1 amide bonds. The fourth-order valence-corrected chi connectivity index (χ4v) is 4.21. The Morgan fingerprint density at radius 3 is 2.90 bits per heavy atom. The third kappa shape index (κ3) is 2.49. The van der Waals surface area contributed by atoms with Crippen LogP contribution in [0.4, 0.5) is 0 Å². The van der Waals surface area contributed by atoms with E-state index in [2.05, 4.69) is 0 Å². The van der Waals surface area contributed by atoms with E-state index in [0.29, 0.717) is 34.4 Å². The molecule has 4 nitrogen and oxygen atoms in total. The number of carbonyl (C=O) groups excluding carboxylic acids is 1. The van der Waals surface area contributed by atoms with Crippen molar-refractivity contribution in [3.05, 3.63) is 34.5 Å². The minimum absolute atomic E-state index is 0.0461. The van der Waals surface area contributed by atoms with E-state index in [0.717, 1.165) is 10.9 Å². The summed E-state index contributed by atoms with van der Waals surface area (Å²) in [6.07, 6.45) is 0. The number of hydrogen-bond acceptors (Lipinski definition) is 3. The van der Waals surface area contributed by atoms with E-state index >= 15 is 0 Å². The van der Waals surface area contributed by atoms with Gasteiger partial charge in [-0.05, 0) is 19.9 Å². The van der Waals surface area contributed by atoms with Crippen molar-refractivity contribution in [3.63, 3.8) is 0 Å². The average molecular weight is 326 g/mol. The molecule has 1 aromatic heterocycles. The highest BCUT2D eigenvalue weighted by atomic mass is 35.5. The van der Waals surface area contributed by atoms with Gasteiger partial charge in [-0.15, -0.1) is 0 Å². The van der Waals surface area contributed by atoms with Crippen molar-refractivity contribution >= 4 is 39.3 Å². The Kier molecular flexibility index (Phi) is 3.80. The highest BCUT2D eigenvalue weighted by Gasteiger charge is 2.31. The quantitative estimate of drug-likeness (QED) is 0.810. The monoisotopic (exact) mass is 325 g/mol. The molecule has 0 saturated carbocycles. The molecule has 6 heteroatoms. The Morgan fingerprint density at radius 1 is 1.48 bits per heavy atom. The minimum Gasteiger partial charge on any atom is -0.449 e. The predicted octanol–water partition coefficient (Wildman–Crippen LogP) is 2.99. The number of amides is 1. The third-order valence-electron chi connectivity index (χ3n) is 3.89. The zero-order valence-electron chi connectivity index (χ0n) is 11.9. The van der Waals surface area contributed by atoms with Crippen LogP contribution < -0.4 is 0 Å². The Bertz CT molecular complexity index is 740. The molecule has 1 aromatic carbocycles. The number of aryl methyl sites for hydroxylation is 1. The number of nitrogens with zero attached hydrogens (tertiary/aromatic N) is 1. The molecule has 0 aliphatic carbocycles. The van der Waals surface area contributed by atoms with Gasteiger partial charge in [0.1, 0.15) is 0 Å². The summed E-state index contributed by atoms with van der Waals surface area (Å²) in [4.78, 5) is 14.4. The number of rotatable bonds is 1. The normalized spacial score (nSPS) is 22.7. The van der Waals surface area contributed by atoms with E-state index in [4.69, 9.17) is 16.0 Å². The Labute approximate surface area is 130 Å². The molecule has 0 N–H and O–H groups in total. The van der Waals surface area contributed by atoms with Gasteiger partial charge >= 0.3 is 0 Å². The van der Waals surface area contributed by atoms with Crippen LogP contribution in [0.3, 0.4) is 0 Å². The number of para-hydroxylation sites is 1. The molecule has 2 aromatic rings. The molecule has 2 heterocycles. The lowest BCUT2D eigenvalue weighted by atomic mass is 10.1. The second kappa shape index (κ2) is 5.46. The molecule has 1 fully saturated rings. The molecule has 2 atom stereocenters. The molecule has 3 rings (SSSR count). The number of hydrogen-bond donors (Lipinski definition) is 0. The first-order valence-corrected chi connectivity index (χ1v) is 8.69. The van der Waals surface area contributed by atoms with Crippen LogP contribution in [0.25, 0.3) is 11.0 Å². The summed E-state index contributed by atoms with van der Waals surface area (Å²) in [6, 6.07) is 5.43. The molecule has 1 aliphatic heterocycles. The molecular weight excluding hydrogens is 310 g/mol. The highest BCUT2D eigenvalue weighted by Crippen LogP contribution is 2.31. The molecule has 0 spiro atoms. The summed E-state index contributed by atoms with van der Waals surface area (Å²) < 4.78 is 17.3. The smallest absolute Gasteiger partial charge is 0.290 e. The number of halogens is 1. The van der Waals surface area contributed by atoms with Crippen molar-refractivity contribution in [1.82, 2.24) is 4.90 Å². The summed E-state index contributed by atoms with van der Waals surface area (Å²) in [5.74, 6) is 1.23. The second-order valence-electron chi connectivity index (χ2n) is 5.33. The SMILES string of the molecule is Cc1c(C(=O)N2CC[S@@](=O)C[C@@H]2C)oc2c(Cl)cccc12. The molecule has 0 radical (unpaired) electrons. The zero-order chi connectivity index (χ0) is 15.1. The number of fused-ring (bicyclic) bond motifs is 1. The van der Waals surface area contributed by atoms with Crippen LogP contribution >= 0.6 is 11.6 Å². The van der Waals surface area contributed by atoms with Gasteiger partial charge in [0.2, 0.25) is 0 Å². The van der Waals surface area contributed by atoms with Crippen LogP contribution in [0.5, 0.6) is 0 Å². The van der Waals surface area contributed by atoms with Crippen molar-refractivity contribution in [1.29, 1.82) is 0 Å². The highest BCUT2D eigenvalue weighted by molar-refractivity contribution is 7.85. The van der Waals surface area contributed by atoms with Gasteiger partial charge in [0, 0.05) is 45.8 Å². The summed E-state index contributed by atoms with van der Waals surface area (Å²) in [5.41, 5.74) is 1.35. The number of benzene rings is 1. The average Bonchev–Trinajstić information content (AvgIpc) is 2.77. The second-order valence-corrected chi connectivity index (χ2v) is 7.36. The third-order valence-corrected chi connectivity index (χ3v) is 5.68. The van der Waals surface area contributed by atoms with Gasteiger partial charge in [-0.3, -0.25) is 9.00 Å². The maximum atomic E-state index is 12.7. The van der Waals surface area contributed by atoms with E-state index in [1.807, 2.05) is 26.0 Å². The minimum atomic E-state index is -0.833. The fraction of sp³-hybridized carbons (Fsp3) is 0.400. The van der Waals surface area contributed by atoms with E-state index in [1.54, 1.807) is 11.0 Å².